The molecule has 0 saturated carbocycles. The minimum absolute atomic E-state index is 0.0242. The quantitative estimate of drug-likeness (QED) is 0.280. The summed E-state index contributed by atoms with van der Waals surface area (Å²) in [6, 6.07) is 21.1. The number of benzene rings is 3. The van der Waals surface area contributed by atoms with E-state index in [0.717, 1.165) is 4.31 Å². The van der Waals surface area contributed by atoms with Gasteiger partial charge < -0.3 is 10.1 Å². The van der Waals surface area contributed by atoms with Crippen LogP contribution in [0.2, 0.25) is 0 Å². The summed E-state index contributed by atoms with van der Waals surface area (Å²) in [6.07, 6.45) is 2.80. The van der Waals surface area contributed by atoms with Crippen molar-refractivity contribution >= 4 is 43.3 Å². The monoisotopic (exact) mass is 567 g/mol. The van der Waals surface area contributed by atoms with Crippen LogP contribution < -0.4 is 19.1 Å². The Bertz CT molecular complexity index is 1620. The molecular weight excluding hydrogens is 542 g/mol. The fourth-order valence-corrected chi connectivity index (χ4v) is 5.89. The summed E-state index contributed by atoms with van der Waals surface area (Å²) in [5, 5.41) is 2.62. The smallest absolute Gasteiger partial charge is 0.264 e. The van der Waals surface area contributed by atoms with E-state index < -0.39 is 32.5 Å². The molecule has 3 aromatic carbocycles. The van der Waals surface area contributed by atoms with Crippen molar-refractivity contribution in [2.75, 3.05) is 27.5 Å². The van der Waals surface area contributed by atoms with Gasteiger partial charge in [0.2, 0.25) is 11.9 Å². The standard InChI is InChI=1S/C26H25N5O6S2/c1-2-37-22-13-11-21(12-14-22)31(39(35,36)24-7-4-3-5-8-24)19-25(32)29-20-9-15-23(16-10-20)38(33,34)30-26-27-17-6-18-28-26/h3-18H,2,19H2,1H3,(H,29,32)(H,27,28,30). The van der Waals surface area contributed by atoms with Crippen LogP contribution in [0.3, 0.4) is 0 Å². The molecule has 0 unspecified atom stereocenters. The van der Waals surface area contributed by atoms with E-state index in [9.17, 15) is 21.6 Å². The fourth-order valence-electron chi connectivity index (χ4n) is 3.49. The first-order valence-corrected chi connectivity index (χ1v) is 14.6. The summed E-state index contributed by atoms with van der Waals surface area (Å²) < 4.78 is 60.8. The first-order valence-electron chi connectivity index (χ1n) is 11.7. The summed E-state index contributed by atoms with van der Waals surface area (Å²) in [7, 11) is -8.05. The number of hydrogen-bond donors (Lipinski definition) is 2. The van der Waals surface area contributed by atoms with E-state index in [1.54, 1.807) is 48.5 Å². The topological polar surface area (TPSA) is 148 Å². The van der Waals surface area contributed by atoms with Crippen molar-refractivity contribution in [1.29, 1.82) is 0 Å². The van der Waals surface area contributed by atoms with Crippen LogP contribution >= 0.6 is 0 Å². The normalized spacial score (nSPS) is 11.4. The van der Waals surface area contributed by atoms with Gasteiger partial charge >= 0.3 is 0 Å². The summed E-state index contributed by atoms with van der Waals surface area (Å²) in [5.41, 5.74) is 0.548. The lowest BCUT2D eigenvalue weighted by molar-refractivity contribution is -0.114. The fraction of sp³-hybridized carbons (Fsp3) is 0.115. The second kappa shape index (κ2) is 11.9. The van der Waals surface area contributed by atoms with Gasteiger partial charge in [-0.25, -0.2) is 31.5 Å². The molecule has 0 fully saturated rings. The van der Waals surface area contributed by atoms with Crippen LogP contribution in [0.25, 0.3) is 0 Å². The number of carbonyl (C=O) groups is 1. The molecule has 0 spiro atoms. The third-order valence-corrected chi connectivity index (χ3v) is 8.43. The van der Waals surface area contributed by atoms with Gasteiger partial charge in [0.25, 0.3) is 20.0 Å². The summed E-state index contributed by atoms with van der Waals surface area (Å²) in [6.45, 7) is 1.75. The minimum atomic E-state index is -4.09. The van der Waals surface area contributed by atoms with Gasteiger partial charge in [-0.2, -0.15) is 0 Å². The number of rotatable bonds is 11. The van der Waals surface area contributed by atoms with E-state index in [0.29, 0.717) is 12.4 Å². The highest BCUT2D eigenvalue weighted by Gasteiger charge is 2.27. The van der Waals surface area contributed by atoms with Crippen molar-refractivity contribution < 1.29 is 26.4 Å². The average Bonchev–Trinajstić information content (AvgIpc) is 2.93. The third-order valence-electron chi connectivity index (χ3n) is 5.29. The highest BCUT2D eigenvalue weighted by Crippen LogP contribution is 2.26. The number of hydrogen-bond acceptors (Lipinski definition) is 8. The number of ether oxygens (including phenoxy) is 1. The molecule has 1 heterocycles. The lowest BCUT2D eigenvalue weighted by Crippen LogP contribution is -2.38. The van der Waals surface area contributed by atoms with Gasteiger partial charge in [-0.3, -0.25) is 9.10 Å². The largest absolute Gasteiger partial charge is 0.494 e. The van der Waals surface area contributed by atoms with Gasteiger partial charge in [-0.1, -0.05) is 18.2 Å². The molecule has 13 heteroatoms. The predicted octanol–water partition coefficient (Wildman–Crippen LogP) is 3.51. The molecule has 0 aliphatic heterocycles. The summed E-state index contributed by atoms with van der Waals surface area (Å²) >= 11 is 0. The van der Waals surface area contributed by atoms with E-state index in [-0.39, 0.29) is 27.1 Å². The lowest BCUT2D eigenvalue weighted by Gasteiger charge is -2.24. The lowest BCUT2D eigenvalue weighted by atomic mass is 10.3. The molecule has 0 aliphatic rings. The minimum Gasteiger partial charge on any atom is -0.494 e. The van der Waals surface area contributed by atoms with Gasteiger partial charge in [0.15, 0.2) is 0 Å². The predicted molar refractivity (Wildman–Crippen MR) is 146 cm³/mol. The average molecular weight is 568 g/mol. The van der Waals surface area contributed by atoms with E-state index in [2.05, 4.69) is 20.0 Å². The van der Waals surface area contributed by atoms with Crippen LogP contribution in [0.4, 0.5) is 17.3 Å². The molecule has 4 aromatic rings. The zero-order chi connectivity index (χ0) is 27.9. The van der Waals surface area contributed by atoms with Crippen molar-refractivity contribution in [3.63, 3.8) is 0 Å². The molecule has 0 aliphatic carbocycles. The van der Waals surface area contributed by atoms with Crippen molar-refractivity contribution in [1.82, 2.24) is 9.97 Å². The summed E-state index contributed by atoms with van der Waals surface area (Å²) in [4.78, 5) is 20.6. The maximum absolute atomic E-state index is 13.5. The Labute approximate surface area is 226 Å². The Morgan fingerprint density at radius 1 is 0.821 bits per heavy atom. The maximum atomic E-state index is 13.5. The Hall–Kier alpha value is -4.49. The molecule has 0 bridgehead atoms. The highest BCUT2D eigenvalue weighted by molar-refractivity contribution is 7.93. The second-order valence-electron chi connectivity index (χ2n) is 8.00. The molecule has 1 aromatic heterocycles. The van der Waals surface area contributed by atoms with Crippen LogP contribution in [-0.2, 0) is 24.8 Å². The van der Waals surface area contributed by atoms with Crippen molar-refractivity contribution in [2.24, 2.45) is 0 Å². The van der Waals surface area contributed by atoms with Crippen molar-refractivity contribution in [3.05, 3.63) is 97.3 Å². The number of anilines is 3. The Morgan fingerprint density at radius 3 is 2.08 bits per heavy atom. The first kappa shape index (κ1) is 27.5. The van der Waals surface area contributed by atoms with E-state index >= 15 is 0 Å². The van der Waals surface area contributed by atoms with Gasteiger partial charge in [0, 0.05) is 18.1 Å². The molecular formula is C26H25N5O6S2. The molecule has 0 atom stereocenters. The van der Waals surface area contributed by atoms with E-state index in [1.807, 2.05) is 6.92 Å². The van der Waals surface area contributed by atoms with Gasteiger partial charge in [-0.15, -0.1) is 0 Å². The number of sulfonamides is 2. The Morgan fingerprint density at radius 2 is 1.46 bits per heavy atom. The highest BCUT2D eigenvalue weighted by atomic mass is 32.2. The molecule has 202 valence electrons. The zero-order valence-corrected chi connectivity index (χ0v) is 22.4. The van der Waals surface area contributed by atoms with Crippen LogP contribution in [0.5, 0.6) is 5.75 Å². The SMILES string of the molecule is CCOc1ccc(N(CC(=O)Nc2ccc(S(=O)(=O)Nc3ncccn3)cc2)S(=O)(=O)c2ccccc2)cc1. The molecule has 0 saturated heterocycles. The zero-order valence-electron chi connectivity index (χ0n) is 20.8. The van der Waals surface area contributed by atoms with E-state index in [1.165, 1.54) is 48.8 Å². The number of carbonyl (C=O) groups excluding carboxylic acids is 1. The Kier molecular flexibility index (Phi) is 8.42. The van der Waals surface area contributed by atoms with Crippen LogP contribution in [0, 0.1) is 0 Å². The molecule has 1 amide bonds. The number of nitrogens with one attached hydrogen (secondary N) is 2. The Balaban J connectivity index is 1.53. The number of amides is 1. The number of aromatic nitrogens is 2. The van der Waals surface area contributed by atoms with Crippen molar-refractivity contribution in [2.45, 2.75) is 16.7 Å². The van der Waals surface area contributed by atoms with Crippen LogP contribution in [0.15, 0.2) is 107 Å². The van der Waals surface area contributed by atoms with E-state index in [4.69, 9.17) is 4.74 Å². The van der Waals surface area contributed by atoms with Gasteiger partial charge in [0.05, 0.1) is 22.1 Å². The molecule has 4 rings (SSSR count). The van der Waals surface area contributed by atoms with Crippen molar-refractivity contribution in [3.8, 4) is 5.75 Å². The molecule has 2 N–H and O–H groups in total. The van der Waals surface area contributed by atoms with Gasteiger partial charge in [0.1, 0.15) is 12.3 Å². The summed E-state index contributed by atoms with van der Waals surface area (Å²) in [5.74, 6) is -0.148. The maximum Gasteiger partial charge on any atom is 0.264 e. The van der Waals surface area contributed by atoms with Crippen LogP contribution in [0.1, 0.15) is 6.92 Å². The third kappa shape index (κ3) is 6.89. The first-order chi connectivity index (χ1) is 18.7. The van der Waals surface area contributed by atoms with Gasteiger partial charge in [-0.05, 0) is 73.7 Å². The molecule has 39 heavy (non-hydrogen) atoms. The molecule has 0 radical (unpaired) electrons. The molecule has 11 nitrogen and oxygen atoms in total. The second-order valence-corrected chi connectivity index (χ2v) is 11.5. The number of nitrogens with zero attached hydrogens (tertiary/aromatic N) is 3. The van der Waals surface area contributed by atoms with Crippen LogP contribution in [-0.4, -0.2) is 45.9 Å².